The lowest BCUT2D eigenvalue weighted by molar-refractivity contribution is 0.418. The zero-order valence-corrected chi connectivity index (χ0v) is 14.5. The van der Waals surface area contributed by atoms with Gasteiger partial charge in [0.2, 0.25) is 0 Å². The molecule has 0 atom stereocenters. The molecule has 2 aromatic rings. The molecule has 2 nitrogen and oxygen atoms in total. The van der Waals surface area contributed by atoms with Crippen LogP contribution in [0.5, 0.6) is 0 Å². The molecule has 0 bridgehead atoms. The summed E-state index contributed by atoms with van der Waals surface area (Å²) in [6.45, 7) is 8.76. The highest BCUT2D eigenvalue weighted by atomic mass is 15.1. The number of para-hydroxylation sites is 1. The van der Waals surface area contributed by atoms with Crippen LogP contribution in [0.25, 0.3) is 17.0 Å². The Hall–Kier alpha value is -1.67. The third-order valence-corrected chi connectivity index (χ3v) is 3.47. The van der Waals surface area contributed by atoms with Crippen LogP contribution in [0.3, 0.4) is 0 Å². The first kappa shape index (κ1) is 18.4. The third-order valence-electron chi connectivity index (χ3n) is 3.47. The van der Waals surface area contributed by atoms with Gasteiger partial charge in [0.1, 0.15) is 0 Å². The summed E-state index contributed by atoms with van der Waals surface area (Å²) in [6, 6.07) is 12.3. The van der Waals surface area contributed by atoms with Crippen LogP contribution < -0.4 is 0 Å². The van der Waals surface area contributed by atoms with E-state index in [1.807, 2.05) is 32.0 Å². The monoisotopic (exact) mass is 298 g/mol. The highest BCUT2D eigenvalue weighted by Crippen LogP contribution is 2.12. The summed E-state index contributed by atoms with van der Waals surface area (Å²) in [5, 5.41) is 1.20. The van der Waals surface area contributed by atoms with Gasteiger partial charge in [0.15, 0.2) is 0 Å². The van der Waals surface area contributed by atoms with Crippen LogP contribution in [-0.2, 0) is 0 Å². The summed E-state index contributed by atoms with van der Waals surface area (Å²) < 4.78 is 0. The van der Waals surface area contributed by atoms with E-state index in [0.29, 0.717) is 0 Å². The highest BCUT2D eigenvalue weighted by molar-refractivity contribution is 5.79. The van der Waals surface area contributed by atoms with Crippen molar-refractivity contribution in [1.29, 1.82) is 0 Å². The van der Waals surface area contributed by atoms with Crippen LogP contribution in [0.1, 0.15) is 45.7 Å². The number of allylic oxidation sites excluding steroid dienone is 1. The number of pyridine rings is 1. The van der Waals surface area contributed by atoms with E-state index in [2.05, 4.69) is 54.2 Å². The first-order valence-corrected chi connectivity index (χ1v) is 8.50. The van der Waals surface area contributed by atoms with Crippen LogP contribution in [0.15, 0.2) is 42.5 Å². The fourth-order valence-corrected chi connectivity index (χ4v) is 2.29. The van der Waals surface area contributed by atoms with Crippen molar-refractivity contribution in [2.45, 2.75) is 40.0 Å². The van der Waals surface area contributed by atoms with Crippen LogP contribution in [0.4, 0.5) is 0 Å². The summed E-state index contributed by atoms with van der Waals surface area (Å²) in [5.41, 5.74) is 2.09. The smallest absolute Gasteiger partial charge is 0.0709 e. The van der Waals surface area contributed by atoms with Crippen molar-refractivity contribution in [3.63, 3.8) is 0 Å². The van der Waals surface area contributed by atoms with Gasteiger partial charge in [-0.3, -0.25) is 0 Å². The molecule has 3 rings (SSSR count). The molecule has 0 spiro atoms. The van der Waals surface area contributed by atoms with Gasteiger partial charge >= 0.3 is 0 Å². The Morgan fingerprint density at radius 3 is 2.32 bits per heavy atom. The molecule has 2 heterocycles. The number of aromatic nitrogens is 1. The minimum Gasteiger partial charge on any atom is -0.306 e. The standard InChI is InChI=1S/C13H13N.C5H11N.C2H6/c1-2-3-7-12-10-9-11-6-4-5-8-13(11)14-12;1-6-4-2-3-5-6;1-2/h3-10H,2H2,1H3;2-5H2,1H3;1-2H3/b7-3+;;. The molecule has 22 heavy (non-hydrogen) atoms. The molecule has 0 aliphatic carbocycles. The maximum absolute atomic E-state index is 4.53. The average molecular weight is 298 g/mol. The van der Waals surface area contributed by atoms with Crippen molar-refractivity contribution in [3.05, 3.63) is 48.2 Å². The molecule has 1 aromatic heterocycles. The number of likely N-dealkylation sites (tertiary alicyclic amines) is 1. The zero-order chi connectivity index (χ0) is 16.2. The molecule has 1 aliphatic heterocycles. The molecule has 0 saturated carbocycles. The lowest BCUT2D eigenvalue weighted by Crippen LogP contribution is -2.10. The van der Waals surface area contributed by atoms with Crippen LogP contribution in [-0.4, -0.2) is 30.0 Å². The van der Waals surface area contributed by atoms with Gasteiger partial charge in [-0.05, 0) is 57.6 Å². The maximum Gasteiger partial charge on any atom is 0.0709 e. The van der Waals surface area contributed by atoms with Crippen LogP contribution >= 0.6 is 0 Å². The minimum absolute atomic E-state index is 1.03. The normalized spacial score (nSPS) is 14.4. The number of fused-ring (bicyclic) bond motifs is 1. The summed E-state index contributed by atoms with van der Waals surface area (Å²) in [5.74, 6) is 0. The van der Waals surface area contributed by atoms with Gasteiger partial charge in [0, 0.05) is 5.39 Å². The Kier molecular flexibility index (Phi) is 9.17. The quantitative estimate of drug-likeness (QED) is 0.738. The number of benzene rings is 1. The molecular weight excluding hydrogens is 268 g/mol. The van der Waals surface area contributed by atoms with Crippen LogP contribution in [0, 0.1) is 0 Å². The molecule has 1 fully saturated rings. The summed E-state index contributed by atoms with van der Waals surface area (Å²) in [4.78, 5) is 6.89. The molecular formula is C20H30N2. The maximum atomic E-state index is 4.53. The summed E-state index contributed by atoms with van der Waals surface area (Å²) in [7, 11) is 2.17. The van der Waals surface area contributed by atoms with E-state index in [0.717, 1.165) is 17.6 Å². The van der Waals surface area contributed by atoms with E-state index < -0.39 is 0 Å². The second kappa shape index (κ2) is 11.0. The molecule has 2 heteroatoms. The number of nitrogens with zero attached hydrogens (tertiary/aromatic N) is 2. The van der Waals surface area contributed by atoms with E-state index in [1.54, 1.807) is 0 Å². The van der Waals surface area contributed by atoms with E-state index in [4.69, 9.17) is 0 Å². The van der Waals surface area contributed by atoms with Gasteiger partial charge in [-0.2, -0.15) is 0 Å². The number of hydrogen-bond acceptors (Lipinski definition) is 2. The molecule has 1 aliphatic rings. The van der Waals surface area contributed by atoms with Crippen molar-refractivity contribution >= 4 is 17.0 Å². The van der Waals surface area contributed by atoms with Crippen LogP contribution in [0.2, 0.25) is 0 Å². The minimum atomic E-state index is 1.03. The van der Waals surface area contributed by atoms with Crippen molar-refractivity contribution in [1.82, 2.24) is 9.88 Å². The molecule has 0 N–H and O–H groups in total. The Labute approximate surface area is 135 Å². The second-order valence-electron chi connectivity index (χ2n) is 5.25. The molecule has 0 unspecified atom stereocenters. The number of rotatable bonds is 2. The molecule has 120 valence electrons. The van der Waals surface area contributed by atoms with E-state index in [-0.39, 0.29) is 0 Å². The largest absolute Gasteiger partial charge is 0.306 e. The van der Waals surface area contributed by atoms with E-state index in [1.165, 1.54) is 31.3 Å². The molecule has 0 amide bonds. The van der Waals surface area contributed by atoms with Gasteiger partial charge < -0.3 is 4.90 Å². The molecule has 1 saturated heterocycles. The third kappa shape index (κ3) is 6.40. The first-order chi connectivity index (χ1) is 10.8. The topological polar surface area (TPSA) is 16.1 Å². The Morgan fingerprint density at radius 1 is 1.05 bits per heavy atom. The van der Waals surface area contributed by atoms with E-state index in [9.17, 15) is 0 Å². The molecule has 1 aromatic carbocycles. The average Bonchev–Trinajstić information content (AvgIpc) is 3.06. The van der Waals surface area contributed by atoms with Gasteiger partial charge in [-0.15, -0.1) is 0 Å². The zero-order valence-electron chi connectivity index (χ0n) is 14.5. The SMILES string of the molecule is CC.CC/C=C/c1ccc2ccccc2n1.CN1CCCC1. The Bertz CT molecular complexity index is 554. The van der Waals surface area contributed by atoms with E-state index >= 15 is 0 Å². The van der Waals surface area contributed by atoms with Crippen molar-refractivity contribution in [3.8, 4) is 0 Å². The van der Waals surface area contributed by atoms with Crippen molar-refractivity contribution in [2.24, 2.45) is 0 Å². The second-order valence-corrected chi connectivity index (χ2v) is 5.25. The predicted molar refractivity (Wildman–Crippen MR) is 99.1 cm³/mol. The van der Waals surface area contributed by atoms with Gasteiger partial charge in [0.25, 0.3) is 0 Å². The van der Waals surface area contributed by atoms with Gasteiger partial charge in [-0.1, -0.05) is 51.1 Å². The fourth-order valence-electron chi connectivity index (χ4n) is 2.29. The predicted octanol–water partition coefficient (Wildman–Crippen LogP) is 5.40. The first-order valence-electron chi connectivity index (χ1n) is 8.50. The lowest BCUT2D eigenvalue weighted by Gasteiger charge is -2.01. The van der Waals surface area contributed by atoms with Gasteiger partial charge in [0.05, 0.1) is 11.2 Å². The van der Waals surface area contributed by atoms with Crippen molar-refractivity contribution in [2.75, 3.05) is 20.1 Å². The summed E-state index contributed by atoms with van der Waals surface area (Å²) in [6.07, 6.45) is 8.06. The van der Waals surface area contributed by atoms with Crippen molar-refractivity contribution < 1.29 is 0 Å². The van der Waals surface area contributed by atoms with Gasteiger partial charge in [-0.25, -0.2) is 4.98 Å². The number of hydrogen-bond donors (Lipinski definition) is 0. The Morgan fingerprint density at radius 2 is 1.73 bits per heavy atom. The highest BCUT2D eigenvalue weighted by Gasteiger charge is 2.03. The lowest BCUT2D eigenvalue weighted by atomic mass is 10.2. The molecule has 0 radical (unpaired) electrons. The Balaban J connectivity index is 0.000000253. The summed E-state index contributed by atoms with van der Waals surface area (Å²) >= 11 is 0. The fraction of sp³-hybridized carbons (Fsp3) is 0.450.